The fourth-order valence-corrected chi connectivity index (χ4v) is 4.48. The minimum absolute atomic E-state index is 0.0233. The van der Waals surface area contributed by atoms with Crippen molar-refractivity contribution in [3.8, 4) is 17.2 Å². The van der Waals surface area contributed by atoms with Gasteiger partial charge in [0.2, 0.25) is 11.6 Å². The average Bonchev–Trinajstić information content (AvgIpc) is 3.04. The van der Waals surface area contributed by atoms with Crippen LogP contribution in [0.4, 0.5) is 0 Å². The first-order valence-electron chi connectivity index (χ1n) is 10.7. The number of para-hydroxylation sites is 1. The second-order valence-electron chi connectivity index (χ2n) is 8.69. The Morgan fingerprint density at radius 1 is 1.13 bits per heavy atom. The number of ether oxygens (including phenoxy) is 1. The third kappa shape index (κ3) is 3.40. The van der Waals surface area contributed by atoms with E-state index in [1.165, 1.54) is 0 Å². The van der Waals surface area contributed by atoms with Crippen LogP contribution in [0.25, 0.3) is 5.69 Å². The van der Waals surface area contributed by atoms with Gasteiger partial charge < -0.3 is 9.84 Å². The second-order valence-corrected chi connectivity index (χ2v) is 8.69. The molecule has 1 unspecified atom stereocenters. The molecule has 6 heteroatoms. The number of aromatic nitrogens is 3. The van der Waals surface area contributed by atoms with E-state index in [0.29, 0.717) is 24.2 Å². The largest absolute Gasteiger partial charge is 0.872 e. The molecule has 0 saturated carbocycles. The first kappa shape index (κ1) is 21.1. The summed E-state index contributed by atoms with van der Waals surface area (Å²) in [6.45, 7) is 11.5. The van der Waals surface area contributed by atoms with Gasteiger partial charge in [0, 0.05) is 18.9 Å². The number of carbonyl (C=O) groups is 1. The number of rotatable bonds is 4. The van der Waals surface area contributed by atoms with Crippen LogP contribution in [0.15, 0.2) is 30.3 Å². The molecule has 162 valence electrons. The molecule has 0 bridgehead atoms. The molecule has 1 aliphatic heterocycles. The topological polar surface area (TPSA) is 71.1 Å². The summed E-state index contributed by atoms with van der Waals surface area (Å²) in [7, 11) is 0. The first-order chi connectivity index (χ1) is 14.6. The first-order valence-corrected chi connectivity index (χ1v) is 10.7. The van der Waals surface area contributed by atoms with Gasteiger partial charge in [0.05, 0.1) is 0 Å². The van der Waals surface area contributed by atoms with Crippen molar-refractivity contribution in [2.45, 2.75) is 66.5 Å². The molecule has 1 aromatic heterocycles. The van der Waals surface area contributed by atoms with E-state index in [0.717, 1.165) is 34.0 Å². The van der Waals surface area contributed by atoms with Gasteiger partial charge in [-0.25, -0.2) is 0 Å². The lowest BCUT2D eigenvalue weighted by atomic mass is 9.85. The number of aryl methyl sites for hydroxylation is 1. The maximum atomic E-state index is 13.4. The van der Waals surface area contributed by atoms with Gasteiger partial charge in [0.15, 0.2) is 12.1 Å². The van der Waals surface area contributed by atoms with Crippen molar-refractivity contribution in [3.05, 3.63) is 64.2 Å². The van der Waals surface area contributed by atoms with Gasteiger partial charge in [0.1, 0.15) is 11.4 Å². The van der Waals surface area contributed by atoms with Crippen molar-refractivity contribution >= 4 is 5.78 Å². The van der Waals surface area contributed by atoms with E-state index >= 15 is 0 Å². The van der Waals surface area contributed by atoms with Gasteiger partial charge in [-0.3, -0.25) is 4.79 Å². The highest BCUT2D eigenvalue weighted by Crippen LogP contribution is 2.42. The third-order valence-corrected chi connectivity index (χ3v) is 6.67. The lowest BCUT2D eigenvalue weighted by Crippen LogP contribution is -2.47. The third-order valence-electron chi connectivity index (χ3n) is 6.67. The highest BCUT2D eigenvalue weighted by Gasteiger charge is 2.41. The fourth-order valence-electron chi connectivity index (χ4n) is 4.48. The molecule has 4 rings (SSSR count). The molecule has 0 amide bonds. The van der Waals surface area contributed by atoms with Crippen LogP contribution in [0, 0.1) is 34.6 Å². The van der Waals surface area contributed by atoms with Crippen molar-refractivity contribution in [1.29, 1.82) is 0 Å². The maximum Gasteiger partial charge on any atom is 0.279 e. The van der Waals surface area contributed by atoms with Crippen molar-refractivity contribution in [3.63, 3.8) is 0 Å². The maximum absolute atomic E-state index is 13.4. The highest BCUT2D eigenvalue weighted by atomic mass is 16.5. The number of fused-ring (bicyclic) bond motifs is 1. The zero-order valence-electron chi connectivity index (χ0n) is 19.1. The second kappa shape index (κ2) is 7.52. The van der Waals surface area contributed by atoms with E-state index in [9.17, 15) is 9.90 Å². The van der Waals surface area contributed by atoms with E-state index in [-0.39, 0.29) is 18.1 Å². The van der Waals surface area contributed by atoms with Crippen molar-refractivity contribution < 1.29 is 19.2 Å². The average molecular weight is 420 g/mol. The summed E-state index contributed by atoms with van der Waals surface area (Å²) in [5.74, 6) is 2.45. The van der Waals surface area contributed by atoms with Crippen LogP contribution in [0.3, 0.4) is 0 Å². The van der Waals surface area contributed by atoms with Gasteiger partial charge in [-0.1, -0.05) is 29.3 Å². The minimum Gasteiger partial charge on any atom is -0.872 e. The summed E-state index contributed by atoms with van der Waals surface area (Å²) in [6, 6.07) is 9.99. The molecule has 2 aromatic carbocycles. The van der Waals surface area contributed by atoms with Crippen LogP contribution in [-0.2, 0) is 17.8 Å². The molecule has 0 spiro atoms. The zero-order chi connectivity index (χ0) is 22.5. The van der Waals surface area contributed by atoms with E-state index in [4.69, 9.17) is 4.74 Å². The highest BCUT2D eigenvalue weighted by molar-refractivity contribution is 5.87. The van der Waals surface area contributed by atoms with Crippen molar-refractivity contribution in [2.75, 3.05) is 0 Å². The summed E-state index contributed by atoms with van der Waals surface area (Å²) in [4.78, 5) is 13.4. The quantitative estimate of drug-likeness (QED) is 0.609. The number of benzene rings is 2. The molecular formula is C25H29N3O3. The Labute approximate surface area is 183 Å². The Bertz CT molecular complexity index is 1180. The molecule has 31 heavy (non-hydrogen) atoms. The normalized spacial score (nSPS) is 17.9. The molecule has 0 fully saturated rings. The number of nitrogens with zero attached hydrogens (tertiary/aromatic N) is 3. The predicted molar refractivity (Wildman–Crippen MR) is 116 cm³/mol. The van der Waals surface area contributed by atoms with Gasteiger partial charge in [-0.15, -0.1) is 10.4 Å². The molecule has 1 atom stereocenters. The molecule has 6 nitrogen and oxygen atoms in total. The molecule has 1 aliphatic rings. The molecular weight excluding hydrogens is 390 g/mol. The fraction of sp³-hybridized carbons (Fsp3) is 0.400. The Balaban J connectivity index is 1.64. The number of hydrogen-bond acceptors (Lipinski definition) is 4. The van der Waals surface area contributed by atoms with Gasteiger partial charge in [0.25, 0.3) is 5.82 Å². The number of ketones is 1. The smallest absolute Gasteiger partial charge is 0.279 e. The Morgan fingerprint density at radius 3 is 2.48 bits per heavy atom. The van der Waals surface area contributed by atoms with E-state index in [2.05, 4.69) is 5.10 Å². The zero-order valence-corrected chi connectivity index (χ0v) is 19.1. The van der Waals surface area contributed by atoms with Crippen LogP contribution < -0.4 is 14.4 Å². The Hall–Kier alpha value is -3.15. The lowest BCUT2D eigenvalue weighted by molar-refractivity contribution is -0.610. The summed E-state index contributed by atoms with van der Waals surface area (Å²) < 4.78 is 10.1. The van der Waals surface area contributed by atoms with Gasteiger partial charge in [-0.05, 0) is 63.8 Å². The summed E-state index contributed by atoms with van der Waals surface area (Å²) >= 11 is 0. The van der Waals surface area contributed by atoms with Gasteiger partial charge in [-0.2, -0.15) is 4.57 Å². The molecule has 3 aromatic rings. The number of Topliss-reactive ketones (excluding diaryl/α,β-unsaturated/α-hetero) is 1. The Morgan fingerprint density at radius 2 is 1.81 bits per heavy atom. The van der Waals surface area contributed by atoms with Crippen molar-refractivity contribution in [2.24, 2.45) is 0 Å². The summed E-state index contributed by atoms with van der Waals surface area (Å²) in [6.07, 6.45) is 1.19. The summed E-state index contributed by atoms with van der Waals surface area (Å²) in [5.41, 5.74) is 3.25. The molecule has 0 saturated heterocycles. The van der Waals surface area contributed by atoms with Crippen LogP contribution in [-0.4, -0.2) is 21.2 Å². The number of hydrogen-bond donors (Lipinski definition) is 0. The molecule has 0 radical (unpaired) electrons. The SMILES string of the molecule is Cc1c(C)c2c(c(C)c1[O-])CCC(C)(C(=O)Cn1nc(C)[n+](-c3ccccc3)c1C)O2. The predicted octanol–water partition coefficient (Wildman–Crippen LogP) is 3.13. The molecule has 0 aliphatic carbocycles. The van der Waals surface area contributed by atoms with Crippen molar-refractivity contribution in [1.82, 2.24) is 9.78 Å². The standard InChI is InChI=1S/C25H29N3O3/c1-15-16(2)24-21(17(3)23(15)30)12-13-25(6,31-24)22(29)14-27-19(5)28(18(4)26-27)20-10-8-7-9-11-20/h7-11H,12-14H2,1-6H3. The number of carbonyl (C=O) groups excluding carboxylic acids is 1. The monoisotopic (exact) mass is 419 g/mol. The van der Waals surface area contributed by atoms with Crippen LogP contribution in [0.2, 0.25) is 0 Å². The lowest BCUT2D eigenvalue weighted by Gasteiger charge is -2.37. The molecule has 2 heterocycles. The molecule has 0 N–H and O–H groups in total. The van der Waals surface area contributed by atoms with Crippen LogP contribution in [0.5, 0.6) is 11.5 Å². The summed E-state index contributed by atoms with van der Waals surface area (Å²) in [5, 5.41) is 17.1. The van der Waals surface area contributed by atoms with E-state index in [1.807, 2.05) is 76.4 Å². The van der Waals surface area contributed by atoms with E-state index in [1.54, 1.807) is 4.68 Å². The Kier molecular flexibility index (Phi) is 5.12. The van der Waals surface area contributed by atoms with Crippen LogP contribution >= 0.6 is 0 Å². The van der Waals surface area contributed by atoms with Crippen LogP contribution in [0.1, 0.15) is 47.2 Å². The minimum atomic E-state index is -0.953. The van der Waals surface area contributed by atoms with E-state index < -0.39 is 5.60 Å². The van der Waals surface area contributed by atoms with Gasteiger partial charge >= 0.3 is 0 Å².